The summed E-state index contributed by atoms with van der Waals surface area (Å²) >= 11 is 0. The number of hydrogen-bond donors (Lipinski definition) is 0. The molecule has 1 heterocycles. The molecule has 1 aliphatic rings. The maximum absolute atomic E-state index is 11.7. The molecule has 4 heteroatoms. The zero-order valence-corrected chi connectivity index (χ0v) is 11.6. The van der Waals surface area contributed by atoms with Gasteiger partial charge in [0.1, 0.15) is 11.4 Å². The summed E-state index contributed by atoms with van der Waals surface area (Å²) < 4.78 is 5.26. The van der Waals surface area contributed by atoms with Gasteiger partial charge < -0.3 is 9.64 Å². The first-order valence-corrected chi connectivity index (χ1v) is 6.42. The molecule has 4 nitrogen and oxygen atoms in total. The number of Topliss-reactive ketones (excluding diaryl/α,β-unsaturated/α-hetero) is 1. The zero-order chi connectivity index (χ0) is 13.8. The lowest BCUT2D eigenvalue weighted by Crippen LogP contribution is -2.51. The Morgan fingerprint density at radius 1 is 1.39 bits per heavy atom. The van der Waals surface area contributed by atoms with Crippen LogP contribution in [0.1, 0.15) is 40.0 Å². The number of likely N-dealkylation sites (tertiary alicyclic amines) is 1. The fourth-order valence-electron chi connectivity index (χ4n) is 1.86. The number of ketones is 1. The van der Waals surface area contributed by atoms with Crippen LogP contribution >= 0.6 is 0 Å². The maximum atomic E-state index is 11.7. The van der Waals surface area contributed by atoms with E-state index in [-0.39, 0.29) is 11.9 Å². The summed E-state index contributed by atoms with van der Waals surface area (Å²) in [6.45, 7) is 10.5. The second-order valence-electron chi connectivity index (χ2n) is 5.82. The van der Waals surface area contributed by atoms with Gasteiger partial charge in [-0.25, -0.2) is 4.79 Å². The van der Waals surface area contributed by atoms with E-state index in [9.17, 15) is 9.59 Å². The van der Waals surface area contributed by atoms with Crippen LogP contribution in [0.25, 0.3) is 0 Å². The topological polar surface area (TPSA) is 46.6 Å². The molecule has 0 aromatic carbocycles. The maximum Gasteiger partial charge on any atom is 0.410 e. The summed E-state index contributed by atoms with van der Waals surface area (Å²) in [5.41, 5.74) is -0.442. The summed E-state index contributed by atoms with van der Waals surface area (Å²) in [6, 6.07) is 0. The van der Waals surface area contributed by atoms with Crippen molar-refractivity contribution in [3.05, 3.63) is 12.7 Å². The Morgan fingerprint density at radius 3 is 2.50 bits per heavy atom. The van der Waals surface area contributed by atoms with Crippen LogP contribution in [0.4, 0.5) is 4.79 Å². The molecular weight excluding hydrogens is 230 g/mol. The molecule has 18 heavy (non-hydrogen) atoms. The van der Waals surface area contributed by atoms with Crippen LogP contribution in [0, 0.1) is 5.92 Å². The first-order valence-electron chi connectivity index (χ1n) is 6.42. The molecule has 0 aliphatic carbocycles. The van der Waals surface area contributed by atoms with Gasteiger partial charge in [0.15, 0.2) is 0 Å². The minimum atomic E-state index is -0.442. The summed E-state index contributed by atoms with van der Waals surface area (Å²) in [5, 5.41) is 0. The van der Waals surface area contributed by atoms with Gasteiger partial charge in [-0.3, -0.25) is 4.79 Å². The highest BCUT2D eigenvalue weighted by atomic mass is 16.6. The van der Waals surface area contributed by atoms with Crippen LogP contribution in [0.15, 0.2) is 12.7 Å². The van der Waals surface area contributed by atoms with Crippen molar-refractivity contribution in [1.82, 2.24) is 4.90 Å². The van der Waals surface area contributed by atoms with Crippen molar-refractivity contribution >= 4 is 11.9 Å². The molecule has 0 atom stereocenters. The van der Waals surface area contributed by atoms with Crippen molar-refractivity contribution in [2.45, 2.75) is 45.6 Å². The molecule has 0 aromatic heterocycles. The molecule has 1 rings (SSSR count). The molecule has 0 aromatic rings. The Kier molecular flexibility index (Phi) is 4.93. The summed E-state index contributed by atoms with van der Waals surface area (Å²) in [4.78, 5) is 24.7. The molecule has 0 radical (unpaired) electrons. The number of nitrogens with zero attached hydrogens (tertiary/aromatic N) is 1. The minimum Gasteiger partial charge on any atom is -0.444 e. The van der Waals surface area contributed by atoms with Gasteiger partial charge in [-0.1, -0.05) is 6.08 Å². The normalized spacial score (nSPS) is 16.1. The molecule has 0 unspecified atom stereocenters. The average molecular weight is 253 g/mol. The van der Waals surface area contributed by atoms with Gasteiger partial charge in [-0.2, -0.15) is 0 Å². The van der Waals surface area contributed by atoms with E-state index in [1.165, 1.54) is 0 Å². The second kappa shape index (κ2) is 6.03. The third-order valence-electron chi connectivity index (χ3n) is 2.81. The number of allylic oxidation sites excluding steroid dienone is 1. The van der Waals surface area contributed by atoms with Crippen molar-refractivity contribution < 1.29 is 14.3 Å². The predicted octanol–water partition coefficient (Wildman–Crippen LogP) is 2.78. The zero-order valence-electron chi connectivity index (χ0n) is 11.6. The standard InChI is InChI=1S/C14H23NO3/c1-5-6-12(16)8-7-11-9-15(10-11)13(17)18-14(2,3)4/h5,11H,1,6-10H2,2-4H3. The van der Waals surface area contributed by atoms with Crippen LogP contribution in [-0.2, 0) is 9.53 Å². The van der Waals surface area contributed by atoms with Crippen LogP contribution in [0.3, 0.4) is 0 Å². The van der Waals surface area contributed by atoms with Gasteiger partial charge in [-0.05, 0) is 33.1 Å². The smallest absolute Gasteiger partial charge is 0.410 e. The Morgan fingerprint density at radius 2 is 2.00 bits per heavy atom. The molecule has 102 valence electrons. The van der Waals surface area contributed by atoms with E-state index in [1.807, 2.05) is 20.8 Å². The van der Waals surface area contributed by atoms with Crippen LogP contribution < -0.4 is 0 Å². The molecule has 1 saturated heterocycles. The average Bonchev–Trinajstić information content (AvgIpc) is 2.12. The van der Waals surface area contributed by atoms with Crippen molar-refractivity contribution in [1.29, 1.82) is 0 Å². The number of carbonyl (C=O) groups is 2. The third kappa shape index (κ3) is 4.90. The number of rotatable bonds is 5. The summed E-state index contributed by atoms with van der Waals surface area (Å²) in [7, 11) is 0. The van der Waals surface area contributed by atoms with Gasteiger partial charge in [-0.15, -0.1) is 6.58 Å². The van der Waals surface area contributed by atoms with Crippen molar-refractivity contribution in [3.8, 4) is 0 Å². The first-order chi connectivity index (χ1) is 8.31. The monoisotopic (exact) mass is 253 g/mol. The highest BCUT2D eigenvalue weighted by molar-refractivity contribution is 5.79. The second-order valence-corrected chi connectivity index (χ2v) is 5.82. The third-order valence-corrected chi connectivity index (χ3v) is 2.81. The van der Waals surface area contributed by atoms with Crippen LogP contribution in [0.5, 0.6) is 0 Å². The van der Waals surface area contributed by atoms with Crippen LogP contribution in [0.2, 0.25) is 0 Å². The molecule has 0 bridgehead atoms. The Hall–Kier alpha value is -1.32. The Balaban J connectivity index is 2.18. The molecule has 0 N–H and O–H groups in total. The fraction of sp³-hybridized carbons (Fsp3) is 0.714. The van der Waals surface area contributed by atoms with Gasteiger partial charge in [0.05, 0.1) is 0 Å². The summed E-state index contributed by atoms with van der Waals surface area (Å²) in [6.07, 6.45) is 3.26. The predicted molar refractivity (Wildman–Crippen MR) is 70.4 cm³/mol. The van der Waals surface area contributed by atoms with Gasteiger partial charge in [0.2, 0.25) is 0 Å². The number of amides is 1. The van der Waals surface area contributed by atoms with E-state index in [2.05, 4.69) is 6.58 Å². The van der Waals surface area contributed by atoms with E-state index in [0.29, 0.717) is 31.8 Å². The van der Waals surface area contributed by atoms with Gasteiger partial charge in [0, 0.05) is 25.9 Å². The SMILES string of the molecule is C=CCC(=O)CCC1CN(C(=O)OC(C)(C)C)C1. The number of ether oxygens (including phenoxy) is 1. The van der Waals surface area contributed by atoms with Gasteiger partial charge >= 0.3 is 6.09 Å². The summed E-state index contributed by atoms with van der Waals surface area (Å²) in [5.74, 6) is 0.659. The van der Waals surface area contributed by atoms with E-state index < -0.39 is 5.60 Å². The first kappa shape index (κ1) is 14.7. The van der Waals surface area contributed by atoms with Gasteiger partial charge in [0.25, 0.3) is 0 Å². The number of hydrogen-bond acceptors (Lipinski definition) is 3. The quantitative estimate of drug-likeness (QED) is 0.708. The van der Waals surface area contributed by atoms with Crippen molar-refractivity contribution in [2.24, 2.45) is 5.92 Å². The molecule has 0 spiro atoms. The van der Waals surface area contributed by atoms with Crippen molar-refractivity contribution in [2.75, 3.05) is 13.1 Å². The largest absolute Gasteiger partial charge is 0.444 e. The van der Waals surface area contributed by atoms with E-state index in [4.69, 9.17) is 4.74 Å². The molecule has 0 saturated carbocycles. The minimum absolute atomic E-state index is 0.223. The Labute approximate surface area is 109 Å². The highest BCUT2D eigenvalue weighted by Crippen LogP contribution is 2.23. The van der Waals surface area contributed by atoms with E-state index >= 15 is 0 Å². The molecule has 1 aliphatic heterocycles. The van der Waals surface area contributed by atoms with E-state index in [1.54, 1.807) is 11.0 Å². The molecule has 1 fully saturated rings. The lowest BCUT2D eigenvalue weighted by molar-refractivity contribution is -0.118. The molecule has 1 amide bonds. The lowest BCUT2D eigenvalue weighted by Gasteiger charge is -2.39. The fourth-order valence-corrected chi connectivity index (χ4v) is 1.86. The highest BCUT2D eigenvalue weighted by Gasteiger charge is 2.33. The van der Waals surface area contributed by atoms with Crippen molar-refractivity contribution in [3.63, 3.8) is 0 Å². The molecular formula is C14H23NO3. The lowest BCUT2D eigenvalue weighted by atomic mass is 9.93. The van der Waals surface area contributed by atoms with E-state index in [0.717, 1.165) is 6.42 Å². The number of carbonyl (C=O) groups excluding carboxylic acids is 2. The van der Waals surface area contributed by atoms with Crippen LogP contribution in [-0.4, -0.2) is 35.5 Å². The Bertz CT molecular complexity index is 324.